The molecule has 2 N–H and O–H groups in total. The lowest BCUT2D eigenvalue weighted by molar-refractivity contribution is -0.151. The fourth-order valence-electron chi connectivity index (χ4n) is 2.31. The summed E-state index contributed by atoms with van der Waals surface area (Å²) in [7, 11) is 0. The van der Waals surface area contributed by atoms with Crippen molar-refractivity contribution in [3.8, 4) is 5.75 Å². The van der Waals surface area contributed by atoms with E-state index >= 15 is 0 Å². The van der Waals surface area contributed by atoms with Crippen molar-refractivity contribution in [3.63, 3.8) is 0 Å². The molecular formula is C16H21NO5. The van der Waals surface area contributed by atoms with Crippen molar-refractivity contribution in [2.45, 2.75) is 38.4 Å². The molecule has 1 aromatic rings. The summed E-state index contributed by atoms with van der Waals surface area (Å²) in [6, 6.07) is 7.76. The number of nitrogens with one attached hydrogen (secondary N) is 1. The highest BCUT2D eigenvalue weighted by Gasteiger charge is 2.34. The lowest BCUT2D eigenvalue weighted by Crippen LogP contribution is -2.36. The largest absolute Gasteiger partial charge is 0.493 e. The van der Waals surface area contributed by atoms with Crippen LogP contribution in [0.2, 0.25) is 0 Å². The van der Waals surface area contributed by atoms with Crippen LogP contribution in [0.15, 0.2) is 24.3 Å². The van der Waals surface area contributed by atoms with E-state index in [4.69, 9.17) is 14.6 Å². The molecule has 0 saturated carbocycles. The van der Waals surface area contributed by atoms with E-state index in [9.17, 15) is 9.59 Å². The van der Waals surface area contributed by atoms with Crippen LogP contribution < -0.4 is 10.1 Å². The third kappa shape index (κ3) is 4.46. The van der Waals surface area contributed by atoms with Crippen LogP contribution in [0.5, 0.6) is 5.75 Å². The van der Waals surface area contributed by atoms with Gasteiger partial charge in [-0.2, -0.15) is 0 Å². The number of hydrogen-bond acceptors (Lipinski definition) is 4. The van der Waals surface area contributed by atoms with Crippen LogP contribution in [0.4, 0.5) is 0 Å². The molecular weight excluding hydrogens is 286 g/mol. The minimum absolute atomic E-state index is 0.250. The maximum absolute atomic E-state index is 11.8. The predicted molar refractivity (Wildman–Crippen MR) is 79.8 cm³/mol. The lowest BCUT2D eigenvalue weighted by atomic mass is 10.2. The van der Waals surface area contributed by atoms with Gasteiger partial charge >= 0.3 is 5.97 Å². The zero-order valence-electron chi connectivity index (χ0n) is 12.6. The van der Waals surface area contributed by atoms with Crippen LogP contribution in [0.3, 0.4) is 0 Å². The topological polar surface area (TPSA) is 84.9 Å². The molecule has 1 aliphatic rings. The summed E-state index contributed by atoms with van der Waals surface area (Å²) in [5.74, 6) is -0.418. The van der Waals surface area contributed by atoms with Crippen LogP contribution >= 0.6 is 0 Å². The van der Waals surface area contributed by atoms with Crippen molar-refractivity contribution >= 4 is 11.9 Å². The Morgan fingerprint density at radius 3 is 2.73 bits per heavy atom. The zero-order chi connectivity index (χ0) is 15.9. The third-order valence-corrected chi connectivity index (χ3v) is 3.56. The van der Waals surface area contributed by atoms with Gasteiger partial charge in [0.15, 0.2) is 6.10 Å². The van der Waals surface area contributed by atoms with Crippen molar-refractivity contribution in [3.05, 3.63) is 29.8 Å². The molecule has 2 atom stereocenters. The van der Waals surface area contributed by atoms with Crippen molar-refractivity contribution in [2.75, 3.05) is 13.2 Å². The third-order valence-electron chi connectivity index (χ3n) is 3.56. The number of para-hydroxylation sites is 1. The van der Waals surface area contributed by atoms with E-state index in [1.165, 1.54) is 0 Å². The fourth-order valence-corrected chi connectivity index (χ4v) is 2.31. The summed E-state index contributed by atoms with van der Waals surface area (Å²) in [6.45, 7) is 2.96. The number of ether oxygens (including phenoxy) is 2. The summed E-state index contributed by atoms with van der Waals surface area (Å²) in [5.41, 5.74) is 1.07. The summed E-state index contributed by atoms with van der Waals surface area (Å²) in [4.78, 5) is 22.6. The summed E-state index contributed by atoms with van der Waals surface area (Å²) in [6.07, 6.45) is -0.0138. The van der Waals surface area contributed by atoms with Gasteiger partial charge in [-0.3, -0.25) is 4.79 Å². The first kappa shape index (κ1) is 16.3. The van der Waals surface area contributed by atoms with Gasteiger partial charge in [-0.1, -0.05) is 18.2 Å². The Labute approximate surface area is 129 Å². The molecule has 0 bridgehead atoms. The van der Waals surface area contributed by atoms with Crippen molar-refractivity contribution in [1.29, 1.82) is 0 Å². The Hall–Kier alpha value is -2.08. The molecule has 120 valence electrons. The average Bonchev–Trinajstić information content (AvgIpc) is 2.98. The molecule has 1 heterocycles. The Morgan fingerprint density at radius 2 is 2.05 bits per heavy atom. The van der Waals surface area contributed by atoms with Gasteiger partial charge in [0.05, 0.1) is 6.61 Å². The number of carboxylic acids is 1. The van der Waals surface area contributed by atoms with E-state index in [2.05, 4.69) is 5.32 Å². The smallest absolute Gasteiger partial charge is 0.332 e. The molecule has 1 saturated heterocycles. The molecule has 1 fully saturated rings. The Kier molecular flexibility index (Phi) is 5.77. The Balaban J connectivity index is 1.62. The summed E-state index contributed by atoms with van der Waals surface area (Å²) < 4.78 is 10.8. The number of carbonyl (C=O) groups is 2. The van der Waals surface area contributed by atoms with Gasteiger partial charge in [0.2, 0.25) is 5.91 Å². The minimum Gasteiger partial charge on any atom is -0.493 e. The van der Waals surface area contributed by atoms with Crippen LogP contribution in [0.25, 0.3) is 0 Å². The van der Waals surface area contributed by atoms with E-state index in [1.807, 2.05) is 31.2 Å². The molecule has 0 aromatic heterocycles. The number of carbonyl (C=O) groups excluding carboxylic acids is 1. The first-order valence-corrected chi connectivity index (χ1v) is 7.42. The number of rotatable bonds is 7. The highest BCUT2D eigenvalue weighted by Crippen LogP contribution is 2.20. The van der Waals surface area contributed by atoms with E-state index in [0.29, 0.717) is 32.4 Å². The second-order valence-electron chi connectivity index (χ2n) is 5.29. The molecule has 2 rings (SSSR count). The number of aryl methyl sites for hydroxylation is 1. The molecule has 0 aliphatic carbocycles. The van der Waals surface area contributed by atoms with Crippen molar-refractivity contribution in [2.24, 2.45) is 0 Å². The number of aliphatic carboxylic acids is 1. The monoisotopic (exact) mass is 307 g/mol. The molecule has 6 nitrogen and oxygen atoms in total. The van der Waals surface area contributed by atoms with Crippen molar-refractivity contribution < 1.29 is 24.2 Å². The predicted octanol–water partition coefficient (Wildman–Crippen LogP) is 1.51. The van der Waals surface area contributed by atoms with Gasteiger partial charge in [0.25, 0.3) is 0 Å². The Morgan fingerprint density at radius 1 is 1.32 bits per heavy atom. The average molecular weight is 307 g/mol. The van der Waals surface area contributed by atoms with Crippen LogP contribution in [-0.2, 0) is 14.3 Å². The summed E-state index contributed by atoms with van der Waals surface area (Å²) in [5, 5.41) is 11.6. The van der Waals surface area contributed by atoms with Crippen LogP contribution in [0, 0.1) is 6.92 Å². The summed E-state index contributed by atoms with van der Waals surface area (Å²) >= 11 is 0. The minimum atomic E-state index is -1.01. The van der Waals surface area contributed by atoms with E-state index in [0.717, 1.165) is 11.3 Å². The van der Waals surface area contributed by atoms with Gasteiger partial charge in [-0.25, -0.2) is 4.79 Å². The molecule has 1 aromatic carbocycles. The van der Waals surface area contributed by atoms with Gasteiger partial charge in [-0.15, -0.1) is 0 Å². The van der Waals surface area contributed by atoms with E-state index in [-0.39, 0.29) is 5.91 Å². The molecule has 1 amide bonds. The first-order valence-electron chi connectivity index (χ1n) is 7.42. The van der Waals surface area contributed by atoms with E-state index < -0.39 is 18.2 Å². The molecule has 1 aliphatic heterocycles. The SMILES string of the molecule is Cc1ccccc1OCCCNC(=O)[C@@H]1CC[C@H](C(=O)O)O1. The van der Waals surface area contributed by atoms with Crippen LogP contribution in [-0.4, -0.2) is 42.3 Å². The fraction of sp³-hybridized carbons (Fsp3) is 0.500. The molecule has 0 radical (unpaired) electrons. The van der Waals surface area contributed by atoms with Crippen molar-refractivity contribution in [1.82, 2.24) is 5.32 Å². The highest BCUT2D eigenvalue weighted by atomic mass is 16.5. The normalized spacial score (nSPS) is 20.6. The molecule has 6 heteroatoms. The molecule has 0 spiro atoms. The lowest BCUT2D eigenvalue weighted by Gasteiger charge is -2.12. The quantitative estimate of drug-likeness (QED) is 0.746. The second kappa shape index (κ2) is 7.79. The maximum Gasteiger partial charge on any atom is 0.332 e. The van der Waals surface area contributed by atoms with Gasteiger partial charge in [-0.05, 0) is 37.8 Å². The Bertz CT molecular complexity index is 531. The van der Waals surface area contributed by atoms with Gasteiger partial charge < -0.3 is 19.9 Å². The van der Waals surface area contributed by atoms with Gasteiger partial charge in [0.1, 0.15) is 11.9 Å². The number of benzene rings is 1. The second-order valence-corrected chi connectivity index (χ2v) is 5.29. The molecule has 22 heavy (non-hydrogen) atoms. The first-order chi connectivity index (χ1) is 10.6. The number of amides is 1. The van der Waals surface area contributed by atoms with Crippen LogP contribution in [0.1, 0.15) is 24.8 Å². The zero-order valence-corrected chi connectivity index (χ0v) is 12.6. The standard InChI is InChI=1S/C16H21NO5/c1-11-5-2-3-6-12(11)21-10-4-9-17-15(18)13-7-8-14(22-13)16(19)20/h2-3,5-6,13-14H,4,7-10H2,1H3,(H,17,18)(H,19,20)/t13-,14+/m0/s1. The maximum atomic E-state index is 11.8. The number of carboxylic acid groups (broad SMARTS) is 1. The highest BCUT2D eigenvalue weighted by molar-refractivity contribution is 5.82. The van der Waals surface area contributed by atoms with E-state index in [1.54, 1.807) is 0 Å². The number of hydrogen-bond donors (Lipinski definition) is 2. The molecule has 0 unspecified atom stereocenters. The van der Waals surface area contributed by atoms with Gasteiger partial charge in [0, 0.05) is 6.54 Å².